The molecule has 5 N–H and O–H groups in total. The monoisotopic (exact) mass is 448 g/mol. The summed E-state index contributed by atoms with van der Waals surface area (Å²) < 4.78 is 11.1. The summed E-state index contributed by atoms with van der Waals surface area (Å²) >= 11 is 1.26. The number of aliphatic hydroxyl groups excluding tert-OH is 2. The Bertz CT molecular complexity index is 1120. The highest BCUT2D eigenvalue weighted by Crippen LogP contribution is 2.32. The fourth-order valence-electron chi connectivity index (χ4n) is 3.19. The molecular formula is C17H20N8O5S. The number of aromatic nitrogens is 5. The molecule has 3 aromatic heterocycles. The van der Waals surface area contributed by atoms with Gasteiger partial charge in [-0.2, -0.15) is 4.37 Å². The van der Waals surface area contributed by atoms with Gasteiger partial charge in [-0.1, -0.05) is 0 Å². The van der Waals surface area contributed by atoms with Gasteiger partial charge in [0, 0.05) is 11.4 Å². The van der Waals surface area contributed by atoms with Gasteiger partial charge in [0.1, 0.15) is 24.4 Å². The average Bonchev–Trinajstić information content (AvgIpc) is 3.41. The van der Waals surface area contributed by atoms with Crippen molar-refractivity contribution in [3.8, 4) is 0 Å². The first-order valence-electron chi connectivity index (χ1n) is 9.37. The van der Waals surface area contributed by atoms with E-state index in [1.165, 1.54) is 28.8 Å². The Balaban J connectivity index is 1.56. The molecule has 0 bridgehead atoms. The Morgan fingerprint density at radius 1 is 1.23 bits per heavy atom. The summed E-state index contributed by atoms with van der Waals surface area (Å²) in [4.78, 5) is 37.7. The van der Waals surface area contributed by atoms with Crippen LogP contribution in [0.15, 0.2) is 18.7 Å². The number of ether oxygens (including phenoxy) is 1. The Kier molecular flexibility index (Phi) is 5.77. The van der Waals surface area contributed by atoms with Gasteiger partial charge in [-0.3, -0.25) is 20.0 Å². The van der Waals surface area contributed by atoms with E-state index in [9.17, 15) is 19.8 Å². The van der Waals surface area contributed by atoms with Crippen molar-refractivity contribution in [2.24, 2.45) is 0 Å². The Hall–Kier alpha value is -3.20. The highest BCUT2D eigenvalue weighted by Gasteiger charge is 2.47. The molecule has 164 valence electrons. The highest BCUT2D eigenvalue weighted by atomic mass is 32.1. The predicted octanol–water partition coefficient (Wildman–Crippen LogP) is -0.00948. The van der Waals surface area contributed by atoms with Crippen LogP contribution in [0.4, 0.5) is 16.4 Å². The minimum atomic E-state index is -1.43. The molecule has 14 heteroatoms. The fraction of sp³-hybridized carbons (Fsp3) is 0.412. The molecule has 1 aliphatic rings. The summed E-state index contributed by atoms with van der Waals surface area (Å²) in [5.41, 5.74) is 0.474. The molecule has 1 saturated heterocycles. The predicted molar refractivity (Wildman–Crippen MR) is 109 cm³/mol. The van der Waals surface area contributed by atoms with E-state index in [-0.39, 0.29) is 17.0 Å². The number of nitrogens with zero attached hydrogens (tertiary/aromatic N) is 5. The number of imidazole rings is 1. The second-order valence-corrected chi connectivity index (χ2v) is 7.78. The van der Waals surface area contributed by atoms with Crippen LogP contribution in [0.5, 0.6) is 0 Å². The van der Waals surface area contributed by atoms with Crippen molar-refractivity contribution >= 4 is 46.3 Å². The lowest BCUT2D eigenvalue weighted by Crippen LogP contribution is -2.42. The van der Waals surface area contributed by atoms with E-state index in [1.54, 1.807) is 13.0 Å². The van der Waals surface area contributed by atoms with E-state index in [0.29, 0.717) is 12.4 Å². The number of aliphatic hydroxyl groups is 2. The smallest absolute Gasteiger partial charge is 0.326 e. The number of likely N-dealkylation sites (N-methyl/N-ethyl adjacent to an activating group) is 1. The number of amides is 3. The summed E-state index contributed by atoms with van der Waals surface area (Å²) in [6.07, 6.45) is -2.64. The largest absolute Gasteiger partial charge is 0.387 e. The van der Waals surface area contributed by atoms with Gasteiger partial charge in [0.25, 0.3) is 5.91 Å². The number of anilines is 2. The number of carbonyl (C=O) groups excluding carboxylic acids is 2. The fourth-order valence-corrected chi connectivity index (χ4v) is 3.70. The number of aryl methyl sites for hydroxylation is 1. The quantitative estimate of drug-likeness (QED) is 0.359. The molecule has 0 aromatic carbocycles. The molecule has 0 aliphatic carbocycles. The van der Waals surface area contributed by atoms with Gasteiger partial charge in [-0.25, -0.2) is 19.7 Å². The topological polar surface area (TPSA) is 176 Å². The second-order valence-electron chi connectivity index (χ2n) is 6.77. The number of hydrogen-bond acceptors (Lipinski definition) is 10. The molecule has 4 atom stereocenters. The first-order valence-corrected chi connectivity index (χ1v) is 10.1. The molecule has 0 radical (unpaired) electrons. The Morgan fingerprint density at radius 3 is 2.74 bits per heavy atom. The minimum Gasteiger partial charge on any atom is -0.387 e. The van der Waals surface area contributed by atoms with Gasteiger partial charge < -0.3 is 20.3 Å². The lowest BCUT2D eigenvalue weighted by molar-refractivity contribution is -0.137. The van der Waals surface area contributed by atoms with E-state index in [1.807, 2.05) is 6.92 Å². The lowest BCUT2D eigenvalue weighted by Gasteiger charge is -2.16. The van der Waals surface area contributed by atoms with Gasteiger partial charge in [0.15, 0.2) is 29.3 Å². The molecule has 4 rings (SSSR count). The number of carbonyl (C=O) groups is 2. The summed E-state index contributed by atoms with van der Waals surface area (Å²) in [6, 6.07) is 1.16. The first-order chi connectivity index (χ1) is 14.9. The van der Waals surface area contributed by atoms with Crippen molar-refractivity contribution in [2.45, 2.75) is 38.4 Å². The zero-order chi connectivity index (χ0) is 22.1. The zero-order valence-electron chi connectivity index (χ0n) is 16.5. The van der Waals surface area contributed by atoms with Crippen molar-refractivity contribution in [1.82, 2.24) is 29.2 Å². The second kappa shape index (κ2) is 8.50. The molecule has 4 heterocycles. The molecule has 31 heavy (non-hydrogen) atoms. The maximum atomic E-state index is 12.3. The van der Waals surface area contributed by atoms with E-state index >= 15 is 0 Å². The van der Waals surface area contributed by atoms with Crippen LogP contribution in [0.2, 0.25) is 0 Å². The van der Waals surface area contributed by atoms with Crippen LogP contribution in [-0.2, 0) is 9.53 Å². The average molecular weight is 448 g/mol. The normalized spacial score (nSPS) is 23.1. The van der Waals surface area contributed by atoms with Crippen molar-refractivity contribution < 1.29 is 24.5 Å². The molecule has 0 spiro atoms. The zero-order valence-corrected chi connectivity index (χ0v) is 17.3. The van der Waals surface area contributed by atoms with Gasteiger partial charge in [-0.05, 0) is 31.4 Å². The standard InChI is InChI=1S/C17H20N8O5S/c1-3-18-15(28)12-10(26)11(27)16(30-12)25-6-21-9-13(19-5-20-14(9)25)23-17(29)22-8-4-7(2)31-24-8/h4-6,10-12,16,26-27H,3H2,1-2H3,(H,18,28)(H2,19,20,22,23,24,29)/t10-,11+,12-,16+/m0/s1. The summed E-state index contributed by atoms with van der Waals surface area (Å²) in [6.45, 7) is 3.95. The summed E-state index contributed by atoms with van der Waals surface area (Å²) in [5, 5.41) is 28.4. The van der Waals surface area contributed by atoms with Crippen LogP contribution in [0.1, 0.15) is 18.0 Å². The molecule has 1 fully saturated rings. The van der Waals surface area contributed by atoms with E-state index in [2.05, 4.69) is 35.3 Å². The third kappa shape index (κ3) is 4.05. The third-order valence-electron chi connectivity index (χ3n) is 4.58. The molecule has 13 nitrogen and oxygen atoms in total. The first kappa shape index (κ1) is 21.0. The highest BCUT2D eigenvalue weighted by molar-refractivity contribution is 7.06. The van der Waals surface area contributed by atoms with Crippen molar-refractivity contribution in [1.29, 1.82) is 0 Å². The van der Waals surface area contributed by atoms with Crippen LogP contribution < -0.4 is 16.0 Å². The number of nitrogens with one attached hydrogen (secondary N) is 3. The molecule has 1 aliphatic heterocycles. The van der Waals surface area contributed by atoms with Gasteiger partial charge in [0.05, 0.1) is 6.33 Å². The van der Waals surface area contributed by atoms with Crippen LogP contribution >= 0.6 is 11.5 Å². The molecule has 3 aromatic rings. The van der Waals surface area contributed by atoms with Crippen LogP contribution in [0.3, 0.4) is 0 Å². The molecule has 3 amide bonds. The minimum absolute atomic E-state index is 0.126. The molecule has 0 saturated carbocycles. The van der Waals surface area contributed by atoms with Crippen molar-refractivity contribution in [2.75, 3.05) is 17.2 Å². The molecule has 0 unspecified atom stereocenters. The van der Waals surface area contributed by atoms with Crippen LogP contribution in [0, 0.1) is 6.92 Å². The Morgan fingerprint density at radius 2 is 2.03 bits per heavy atom. The SMILES string of the molecule is CCNC(=O)[C@H]1O[C@@H](n2cnc3c(NC(=O)Nc4cc(C)sn4)ncnc32)[C@H](O)[C@@H]1O. The summed E-state index contributed by atoms with van der Waals surface area (Å²) in [5.74, 6) is -0.00268. The number of hydrogen-bond donors (Lipinski definition) is 5. The van der Waals surface area contributed by atoms with Crippen molar-refractivity contribution in [3.63, 3.8) is 0 Å². The number of urea groups is 1. The van der Waals surface area contributed by atoms with Gasteiger partial charge in [-0.15, -0.1) is 0 Å². The van der Waals surface area contributed by atoms with E-state index < -0.39 is 36.5 Å². The van der Waals surface area contributed by atoms with Gasteiger partial charge in [0.2, 0.25) is 0 Å². The lowest BCUT2D eigenvalue weighted by atomic mass is 10.1. The van der Waals surface area contributed by atoms with Crippen LogP contribution in [0.25, 0.3) is 11.2 Å². The number of rotatable bonds is 5. The summed E-state index contributed by atoms with van der Waals surface area (Å²) in [7, 11) is 0. The maximum absolute atomic E-state index is 12.3. The van der Waals surface area contributed by atoms with E-state index in [4.69, 9.17) is 4.74 Å². The maximum Gasteiger partial charge on any atom is 0.326 e. The van der Waals surface area contributed by atoms with Crippen LogP contribution in [-0.4, -0.2) is 70.9 Å². The third-order valence-corrected chi connectivity index (χ3v) is 5.28. The van der Waals surface area contributed by atoms with Gasteiger partial charge >= 0.3 is 6.03 Å². The Labute approximate surface area is 179 Å². The van der Waals surface area contributed by atoms with E-state index in [0.717, 1.165) is 4.88 Å². The molecular weight excluding hydrogens is 428 g/mol. The number of fused-ring (bicyclic) bond motifs is 1. The van der Waals surface area contributed by atoms with Crippen molar-refractivity contribution in [3.05, 3.63) is 23.6 Å².